The second kappa shape index (κ2) is 5.98. The second-order valence-electron chi connectivity index (χ2n) is 6.14. The Balaban J connectivity index is 1.56. The summed E-state index contributed by atoms with van der Waals surface area (Å²) in [6.45, 7) is 1.52. The topological polar surface area (TPSA) is 48.0 Å². The van der Waals surface area contributed by atoms with Crippen molar-refractivity contribution in [3.05, 3.63) is 36.0 Å². The third-order valence-corrected chi connectivity index (χ3v) is 4.44. The van der Waals surface area contributed by atoms with E-state index in [1.807, 2.05) is 6.20 Å². The molecule has 0 aliphatic heterocycles. The highest BCUT2D eigenvalue weighted by Gasteiger charge is 2.27. The molecule has 3 N–H and O–H groups in total. The molecule has 0 radical (unpaired) electrons. The van der Waals surface area contributed by atoms with E-state index in [-0.39, 0.29) is 0 Å². The maximum Gasteiger partial charge on any atom is 0.0771 e. The Labute approximate surface area is 120 Å². The number of hydrogen-bond donors (Lipinski definition) is 3. The van der Waals surface area contributed by atoms with Gasteiger partial charge in [-0.15, -0.1) is 0 Å². The molecule has 0 unspecified atom stereocenters. The Bertz CT molecular complexity index is 553. The second-order valence-corrected chi connectivity index (χ2v) is 6.14. The summed E-state index contributed by atoms with van der Waals surface area (Å²) >= 11 is 0. The number of aromatic amines is 1. The Morgan fingerprint density at radius 2 is 1.90 bits per heavy atom. The SMILES string of the molecule is OC1(CNCc2ccc3cc[nH]c3c2)CCCCCC1. The van der Waals surface area contributed by atoms with Crippen LogP contribution in [0.4, 0.5) is 0 Å². The van der Waals surface area contributed by atoms with Crippen molar-refractivity contribution >= 4 is 10.9 Å². The molecule has 1 aliphatic carbocycles. The normalized spacial score (nSPS) is 19.1. The molecular formula is C17H24N2O. The minimum Gasteiger partial charge on any atom is -0.389 e. The van der Waals surface area contributed by atoms with Crippen molar-refractivity contribution in [3.63, 3.8) is 0 Å². The molecule has 0 atom stereocenters. The molecule has 108 valence electrons. The third-order valence-electron chi connectivity index (χ3n) is 4.44. The summed E-state index contributed by atoms with van der Waals surface area (Å²) < 4.78 is 0. The van der Waals surface area contributed by atoms with E-state index in [2.05, 4.69) is 34.6 Å². The van der Waals surface area contributed by atoms with Crippen LogP contribution in [0.5, 0.6) is 0 Å². The maximum absolute atomic E-state index is 10.6. The van der Waals surface area contributed by atoms with Crippen LogP contribution < -0.4 is 5.32 Å². The largest absolute Gasteiger partial charge is 0.389 e. The van der Waals surface area contributed by atoms with Crippen LogP contribution in [0.3, 0.4) is 0 Å². The number of aliphatic hydroxyl groups is 1. The zero-order valence-electron chi connectivity index (χ0n) is 12.0. The number of rotatable bonds is 4. The Morgan fingerprint density at radius 3 is 2.70 bits per heavy atom. The maximum atomic E-state index is 10.6. The van der Waals surface area contributed by atoms with Crippen molar-refractivity contribution in [2.45, 2.75) is 50.7 Å². The standard InChI is InChI=1S/C17H24N2O/c20-17(8-3-1-2-4-9-17)13-18-12-14-5-6-15-7-10-19-16(15)11-14/h5-7,10-11,18-20H,1-4,8-9,12-13H2. The molecule has 3 rings (SSSR count). The lowest BCUT2D eigenvalue weighted by molar-refractivity contribution is 0.0250. The molecule has 0 spiro atoms. The molecule has 1 aromatic heterocycles. The smallest absolute Gasteiger partial charge is 0.0771 e. The van der Waals surface area contributed by atoms with E-state index in [4.69, 9.17) is 0 Å². The zero-order valence-corrected chi connectivity index (χ0v) is 12.0. The fraction of sp³-hybridized carbons (Fsp3) is 0.529. The molecule has 0 saturated heterocycles. The fourth-order valence-corrected chi connectivity index (χ4v) is 3.21. The summed E-state index contributed by atoms with van der Waals surface area (Å²) in [7, 11) is 0. The molecule has 20 heavy (non-hydrogen) atoms. The summed E-state index contributed by atoms with van der Waals surface area (Å²) in [5, 5.41) is 15.3. The number of nitrogens with one attached hydrogen (secondary N) is 2. The number of hydrogen-bond acceptors (Lipinski definition) is 2. The van der Waals surface area contributed by atoms with Crippen LogP contribution in [0, 0.1) is 0 Å². The minimum atomic E-state index is -0.493. The average Bonchev–Trinajstić information content (AvgIpc) is 2.80. The van der Waals surface area contributed by atoms with Crippen molar-refractivity contribution in [3.8, 4) is 0 Å². The van der Waals surface area contributed by atoms with Gasteiger partial charge < -0.3 is 15.4 Å². The number of fused-ring (bicyclic) bond motifs is 1. The van der Waals surface area contributed by atoms with E-state index < -0.39 is 5.60 Å². The van der Waals surface area contributed by atoms with Gasteiger partial charge in [0.05, 0.1) is 5.60 Å². The predicted octanol–water partition coefficient (Wildman–Crippen LogP) is 3.34. The minimum absolute atomic E-state index is 0.493. The van der Waals surface area contributed by atoms with Crippen LogP contribution in [0.2, 0.25) is 0 Å². The Morgan fingerprint density at radius 1 is 1.10 bits per heavy atom. The van der Waals surface area contributed by atoms with E-state index in [0.717, 1.165) is 32.2 Å². The van der Waals surface area contributed by atoms with Gasteiger partial charge in [-0.25, -0.2) is 0 Å². The van der Waals surface area contributed by atoms with Crippen molar-refractivity contribution in [2.24, 2.45) is 0 Å². The van der Waals surface area contributed by atoms with Crippen LogP contribution in [0.1, 0.15) is 44.1 Å². The van der Waals surface area contributed by atoms with E-state index in [1.54, 1.807) is 0 Å². The first kappa shape index (κ1) is 13.7. The molecular weight excluding hydrogens is 248 g/mol. The summed E-state index contributed by atoms with van der Waals surface area (Å²) in [4.78, 5) is 3.24. The molecule has 2 aromatic rings. The van der Waals surface area contributed by atoms with Crippen LogP contribution >= 0.6 is 0 Å². The molecule has 0 amide bonds. The lowest BCUT2D eigenvalue weighted by Gasteiger charge is -2.27. The quantitative estimate of drug-likeness (QED) is 0.748. The van der Waals surface area contributed by atoms with Gasteiger partial charge in [-0.2, -0.15) is 0 Å². The van der Waals surface area contributed by atoms with Gasteiger partial charge in [0.15, 0.2) is 0 Å². The molecule has 3 heteroatoms. The van der Waals surface area contributed by atoms with Crippen LogP contribution in [0.25, 0.3) is 10.9 Å². The monoisotopic (exact) mass is 272 g/mol. The van der Waals surface area contributed by atoms with Crippen molar-refractivity contribution in [2.75, 3.05) is 6.54 Å². The molecule has 1 aliphatic rings. The Kier molecular flexibility index (Phi) is 4.08. The molecule has 1 saturated carbocycles. The number of H-pyrrole nitrogens is 1. The molecule has 1 heterocycles. The molecule has 1 fully saturated rings. The Hall–Kier alpha value is -1.32. The molecule has 3 nitrogen and oxygen atoms in total. The summed E-state index contributed by atoms with van der Waals surface area (Å²) in [6.07, 6.45) is 8.71. The highest BCUT2D eigenvalue weighted by molar-refractivity contribution is 5.79. The van der Waals surface area contributed by atoms with Gasteiger partial charge in [-0.05, 0) is 35.9 Å². The lowest BCUT2D eigenvalue weighted by atomic mass is 9.94. The van der Waals surface area contributed by atoms with Crippen molar-refractivity contribution < 1.29 is 5.11 Å². The summed E-state index contributed by atoms with van der Waals surface area (Å²) in [5.74, 6) is 0. The molecule has 0 bridgehead atoms. The van der Waals surface area contributed by atoms with Gasteiger partial charge in [-0.1, -0.05) is 37.8 Å². The highest BCUT2D eigenvalue weighted by Crippen LogP contribution is 2.26. The summed E-state index contributed by atoms with van der Waals surface area (Å²) in [5.41, 5.74) is 1.95. The van der Waals surface area contributed by atoms with Gasteiger partial charge in [0.2, 0.25) is 0 Å². The average molecular weight is 272 g/mol. The van der Waals surface area contributed by atoms with Gasteiger partial charge >= 0.3 is 0 Å². The first-order valence-electron chi connectivity index (χ1n) is 7.74. The number of aromatic nitrogens is 1. The summed E-state index contributed by atoms with van der Waals surface area (Å²) in [6, 6.07) is 8.56. The van der Waals surface area contributed by atoms with Crippen LogP contribution in [-0.2, 0) is 6.54 Å². The molecule has 1 aromatic carbocycles. The van der Waals surface area contributed by atoms with E-state index in [1.165, 1.54) is 29.3 Å². The third kappa shape index (κ3) is 3.22. The number of benzene rings is 1. The van der Waals surface area contributed by atoms with Gasteiger partial charge in [-0.3, -0.25) is 0 Å². The predicted molar refractivity (Wildman–Crippen MR) is 82.7 cm³/mol. The zero-order chi connectivity index (χ0) is 13.8. The lowest BCUT2D eigenvalue weighted by Crippen LogP contribution is -2.39. The van der Waals surface area contributed by atoms with Gasteiger partial charge in [0.25, 0.3) is 0 Å². The van der Waals surface area contributed by atoms with Crippen molar-refractivity contribution in [1.29, 1.82) is 0 Å². The first-order valence-corrected chi connectivity index (χ1v) is 7.74. The van der Waals surface area contributed by atoms with E-state index in [0.29, 0.717) is 6.54 Å². The van der Waals surface area contributed by atoms with Gasteiger partial charge in [0, 0.05) is 24.8 Å². The van der Waals surface area contributed by atoms with E-state index in [9.17, 15) is 5.11 Å². The van der Waals surface area contributed by atoms with E-state index >= 15 is 0 Å². The highest BCUT2D eigenvalue weighted by atomic mass is 16.3. The first-order chi connectivity index (χ1) is 9.75. The van der Waals surface area contributed by atoms with Crippen LogP contribution in [-0.4, -0.2) is 22.2 Å². The fourth-order valence-electron chi connectivity index (χ4n) is 3.21. The van der Waals surface area contributed by atoms with Crippen molar-refractivity contribution in [1.82, 2.24) is 10.3 Å². The van der Waals surface area contributed by atoms with Crippen LogP contribution in [0.15, 0.2) is 30.5 Å². The van der Waals surface area contributed by atoms with Gasteiger partial charge in [0.1, 0.15) is 0 Å².